The van der Waals surface area contributed by atoms with Gasteiger partial charge in [0, 0.05) is 5.92 Å². The van der Waals surface area contributed by atoms with Gasteiger partial charge in [0.25, 0.3) is 0 Å². The van der Waals surface area contributed by atoms with E-state index in [9.17, 15) is 19.5 Å². The van der Waals surface area contributed by atoms with Gasteiger partial charge in [-0.15, -0.1) is 11.8 Å². The molecule has 1 aliphatic heterocycles. The summed E-state index contributed by atoms with van der Waals surface area (Å²) in [6.07, 6.45) is 0.563. The summed E-state index contributed by atoms with van der Waals surface area (Å²) in [5.74, 6) is -2.20. The molecule has 7 heteroatoms. The maximum absolute atomic E-state index is 11.9. The molecule has 1 saturated heterocycles. The number of carboxylic acids is 1. The molecule has 1 fully saturated rings. The van der Waals surface area contributed by atoms with Crippen molar-refractivity contribution in [2.75, 3.05) is 7.11 Å². The highest BCUT2D eigenvalue weighted by Crippen LogP contribution is 2.41. The predicted molar refractivity (Wildman–Crippen MR) is 84.3 cm³/mol. The number of ether oxygens (including phenoxy) is 2. The number of cyclic esters (lactones) is 1. The Kier molecular flexibility index (Phi) is 5.65. The highest BCUT2D eigenvalue weighted by Gasteiger charge is 2.41. The number of hydrogen-bond donors (Lipinski definition) is 1. The lowest BCUT2D eigenvalue weighted by atomic mass is 9.92. The summed E-state index contributed by atoms with van der Waals surface area (Å²) in [6.45, 7) is 1.91. The van der Waals surface area contributed by atoms with E-state index in [0.29, 0.717) is 12.0 Å². The summed E-state index contributed by atoms with van der Waals surface area (Å²) in [4.78, 5) is 34.7. The van der Waals surface area contributed by atoms with E-state index in [2.05, 4.69) is 4.74 Å². The van der Waals surface area contributed by atoms with Crippen molar-refractivity contribution in [3.63, 3.8) is 0 Å². The van der Waals surface area contributed by atoms with Crippen LogP contribution in [0.3, 0.4) is 0 Å². The van der Waals surface area contributed by atoms with Gasteiger partial charge in [0.15, 0.2) is 5.44 Å². The standard InChI is InChI=1S/C16H18O6S/c1-3-9(10-6-4-5-7-11(10)14(18)19)16-22-15(20)12(23-16)8-13(17)21-2/h4-7,9,12,16H,3,8H2,1-2H3,(H,18,19)/t9?,12-,16?/m0/s1. The summed E-state index contributed by atoms with van der Waals surface area (Å²) in [5, 5.41) is 8.72. The summed E-state index contributed by atoms with van der Waals surface area (Å²) >= 11 is 1.24. The van der Waals surface area contributed by atoms with Gasteiger partial charge in [-0.2, -0.15) is 0 Å². The molecule has 1 heterocycles. The van der Waals surface area contributed by atoms with Crippen LogP contribution in [0.1, 0.15) is 41.6 Å². The summed E-state index contributed by atoms with van der Waals surface area (Å²) in [6, 6.07) is 6.69. The molecule has 0 aromatic heterocycles. The topological polar surface area (TPSA) is 89.9 Å². The van der Waals surface area contributed by atoms with Gasteiger partial charge in [-0.1, -0.05) is 25.1 Å². The molecule has 2 rings (SSSR count). The molecule has 23 heavy (non-hydrogen) atoms. The van der Waals surface area contributed by atoms with E-state index in [1.165, 1.54) is 24.9 Å². The van der Waals surface area contributed by atoms with Gasteiger partial charge in [0.2, 0.25) is 0 Å². The summed E-state index contributed by atoms with van der Waals surface area (Å²) in [7, 11) is 1.27. The SMILES string of the molecule is CCC(c1ccccc1C(=O)O)C1OC(=O)[C@H](CC(=O)OC)S1. The van der Waals surface area contributed by atoms with Gasteiger partial charge >= 0.3 is 17.9 Å². The second-order valence-electron chi connectivity index (χ2n) is 5.12. The third-order valence-electron chi connectivity index (χ3n) is 3.73. The number of aromatic carboxylic acids is 1. The second kappa shape index (κ2) is 7.50. The number of esters is 2. The van der Waals surface area contributed by atoms with E-state index in [1.807, 2.05) is 6.92 Å². The Bertz CT molecular complexity index is 614. The number of carbonyl (C=O) groups is 3. The molecular weight excluding hydrogens is 320 g/mol. The van der Waals surface area contributed by atoms with Gasteiger partial charge in [-0.25, -0.2) is 4.79 Å². The molecule has 0 saturated carbocycles. The van der Waals surface area contributed by atoms with Gasteiger partial charge in [-0.05, 0) is 18.1 Å². The Balaban J connectivity index is 2.21. The van der Waals surface area contributed by atoms with Crippen molar-refractivity contribution in [1.29, 1.82) is 0 Å². The van der Waals surface area contributed by atoms with Crippen LogP contribution in [-0.2, 0) is 19.1 Å². The first-order valence-electron chi connectivity index (χ1n) is 7.22. The molecule has 1 aromatic rings. The minimum atomic E-state index is -1.01. The number of thioether (sulfide) groups is 1. The largest absolute Gasteiger partial charge is 0.478 e. The zero-order chi connectivity index (χ0) is 17.0. The molecule has 3 atom stereocenters. The molecule has 6 nitrogen and oxygen atoms in total. The number of methoxy groups -OCH3 is 1. The molecule has 2 unspecified atom stereocenters. The van der Waals surface area contributed by atoms with Crippen LogP contribution in [0.2, 0.25) is 0 Å². The van der Waals surface area contributed by atoms with E-state index in [4.69, 9.17) is 4.74 Å². The van der Waals surface area contributed by atoms with E-state index in [-0.39, 0.29) is 17.9 Å². The first-order valence-corrected chi connectivity index (χ1v) is 8.17. The fourth-order valence-corrected chi connectivity index (χ4v) is 3.95. The minimum absolute atomic E-state index is 0.0481. The van der Waals surface area contributed by atoms with Gasteiger partial charge in [0.05, 0.1) is 19.1 Å². The third kappa shape index (κ3) is 3.85. The van der Waals surface area contributed by atoms with Crippen LogP contribution in [0.5, 0.6) is 0 Å². The Labute approximate surface area is 138 Å². The molecule has 0 aliphatic carbocycles. The average Bonchev–Trinajstić information content (AvgIpc) is 2.88. The number of carbonyl (C=O) groups excluding carboxylic acids is 2. The number of carboxylic acid groups (broad SMARTS) is 1. The molecule has 1 aromatic carbocycles. The van der Waals surface area contributed by atoms with E-state index in [0.717, 1.165) is 0 Å². The van der Waals surface area contributed by atoms with Crippen LogP contribution in [-0.4, -0.2) is 40.8 Å². The fraction of sp³-hybridized carbons (Fsp3) is 0.438. The third-order valence-corrected chi connectivity index (χ3v) is 5.11. The highest BCUT2D eigenvalue weighted by molar-refractivity contribution is 8.01. The molecule has 0 bridgehead atoms. The van der Waals surface area contributed by atoms with Crippen LogP contribution in [0, 0.1) is 0 Å². The summed E-state index contributed by atoms with van der Waals surface area (Å²) in [5.41, 5.74) is 0.321. The molecule has 0 spiro atoms. The van der Waals surface area contributed by atoms with Crippen LogP contribution in [0.25, 0.3) is 0 Å². The first-order chi connectivity index (χ1) is 11.0. The Morgan fingerprint density at radius 3 is 2.70 bits per heavy atom. The van der Waals surface area contributed by atoms with Crippen LogP contribution in [0.4, 0.5) is 0 Å². The van der Waals surface area contributed by atoms with Crippen molar-refractivity contribution in [3.8, 4) is 0 Å². The number of hydrogen-bond acceptors (Lipinski definition) is 6. The smallest absolute Gasteiger partial charge is 0.335 e. The van der Waals surface area contributed by atoms with Crippen molar-refractivity contribution in [3.05, 3.63) is 35.4 Å². The van der Waals surface area contributed by atoms with Crippen molar-refractivity contribution >= 4 is 29.7 Å². The fourth-order valence-electron chi connectivity index (χ4n) is 2.55. The maximum atomic E-state index is 11.9. The van der Waals surface area contributed by atoms with Crippen LogP contribution in [0.15, 0.2) is 24.3 Å². The van der Waals surface area contributed by atoms with E-state index >= 15 is 0 Å². The average molecular weight is 338 g/mol. The normalized spacial score (nSPS) is 21.6. The van der Waals surface area contributed by atoms with E-state index in [1.54, 1.807) is 18.2 Å². The van der Waals surface area contributed by atoms with Crippen LogP contribution < -0.4 is 0 Å². The molecule has 0 amide bonds. The molecular formula is C16H18O6S. The van der Waals surface area contributed by atoms with E-state index < -0.39 is 28.6 Å². The maximum Gasteiger partial charge on any atom is 0.335 e. The van der Waals surface area contributed by atoms with Crippen molar-refractivity contribution in [1.82, 2.24) is 0 Å². The molecule has 124 valence electrons. The second-order valence-corrected chi connectivity index (χ2v) is 6.42. The summed E-state index contributed by atoms with van der Waals surface area (Å²) < 4.78 is 9.96. The zero-order valence-electron chi connectivity index (χ0n) is 12.9. The predicted octanol–water partition coefficient (Wildman–Crippen LogP) is 2.43. The lowest BCUT2D eigenvalue weighted by Crippen LogP contribution is -2.19. The Morgan fingerprint density at radius 1 is 1.39 bits per heavy atom. The first kappa shape index (κ1) is 17.3. The van der Waals surface area contributed by atoms with Crippen molar-refractivity contribution < 1.29 is 29.0 Å². The lowest BCUT2D eigenvalue weighted by molar-refractivity contribution is -0.147. The lowest BCUT2D eigenvalue weighted by Gasteiger charge is -2.22. The minimum Gasteiger partial charge on any atom is -0.478 e. The molecule has 0 radical (unpaired) electrons. The molecule has 1 N–H and O–H groups in total. The zero-order valence-corrected chi connectivity index (χ0v) is 13.7. The quantitative estimate of drug-likeness (QED) is 0.797. The van der Waals surface area contributed by atoms with Gasteiger partial charge < -0.3 is 14.6 Å². The Hall–Kier alpha value is -2.02. The van der Waals surface area contributed by atoms with Crippen molar-refractivity contribution in [2.24, 2.45) is 0 Å². The van der Waals surface area contributed by atoms with Crippen LogP contribution >= 0.6 is 11.8 Å². The van der Waals surface area contributed by atoms with Crippen molar-refractivity contribution in [2.45, 2.75) is 36.4 Å². The number of rotatable bonds is 6. The highest BCUT2D eigenvalue weighted by atomic mass is 32.2. The molecule has 1 aliphatic rings. The van der Waals surface area contributed by atoms with Gasteiger partial charge in [0.1, 0.15) is 5.25 Å². The number of benzene rings is 1. The van der Waals surface area contributed by atoms with Gasteiger partial charge in [-0.3, -0.25) is 9.59 Å². The Morgan fingerprint density at radius 2 is 2.09 bits per heavy atom. The monoisotopic (exact) mass is 338 g/mol.